The summed E-state index contributed by atoms with van der Waals surface area (Å²) in [4.78, 5) is 11.7. The average Bonchev–Trinajstić information content (AvgIpc) is 3.26. The molecule has 3 heterocycles. The summed E-state index contributed by atoms with van der Waals surface area (Å²) in [6.07, 6.45) is 7.07. The second-order valence-corrected chi connectivity index (χ2v) is 7.70. The lowest BCUT2D eigenvalue weighted by Gasteiger charge is -2.31. The Labute approximate surface area is 158 Å². The predicted molar refractivity (Wildman–Crippen MR) is 103 cm³/mol. The lowest BCUT2D eigenvalue weighted by atomic mass is 9.94. The highest BCUT2D eigenvalue weighted by atomic mass is 35.5. The minimum Gasteiger partial charge on any atom is -0.301 e. The van der Waals surface area contributed by atoms with E-state index in [0.717, 1.165) is 43.1 Å². The maximum atomic E-state index is 6.43. The van der Waals surface area contributed by atoms with Crippen LogP contribution in [-0.4, -0.2) is 25.5 Å². The highest BCUT2D eigenvalue weighted by Gasteiger charge is 2.32. The molecule has 0 radical (unpaired) electrons. The van der Waals surface area contributed by atoms with Gasteiger partial charge in [0.25, 0.3) is 0 Å². The van der Waals surface area contributed by atoms with E-state index in [-0.39, 0.29) is 0 Å². The third-order valence-corrected chi connectivity index (χ3v) is 6.15. The number of nitrogens with zero attached hydrogens (tertiary/aromatic N) is 4. The molecule has 0 bridgehead atoms. The summed E-state index contributed by atoms with van der Waals surface area (Å²) in [5.41, 5.74) is 7.56. The Morgan fingerprint density at radius 2 is 2.00 bits per heavy atom. The number of halogens is 1. The van der Waals surface area contributed by atoms with E-state index in [9.17, 15) is 0 Å². The van der Waals surface area contributed by atoms with Crippen molar-refractivity contribution in [2.24, 2.45) is 0 Å². The normalized spacial score (nSPS) is 19.4. The van der Waals surface area contributed by atoms with Crippen LogP contribution in [0.1, 0.15) is 34.6 Å². The van der Waals surface area contributed by atoms with Crippen LogP contribution in [-0.2, 0) is 25.9 Å². The molecule has 1 atom stereocenters. The van der Waals surface area contributed by atoms with Crippen molar-refractivity contribution in [3.8, 4) is 5.69 Å². The van der Waals surface area contributed by atoms with Crippen molar-refractivity contribution >= 4 is 11.6 Å². The van der Waals surface area contributed by atoms with E-state index in [1.54, 1.807) is 0 Å². The van der Waals surface area contributed by atoms with Crippen LogP contribution in [0.4, 0.5) is 0 Å². The van der Waals surface area contributed by atoms with Crippen LogP contribution >= 0.6 is 11.6 Å². The van der Waals surface area contributed by atoms with Gasteiger partial charge in [-0.15, -0.1) is 0 Å². The fourth-order valence-corrected chi connectivity index (χ4v) is 4.61. The fraction of sp³-hybridized carbons (Fsp3) is 0.333. The Hall–Kier alpha value is -2.17. The molecule has 132 valence electrons. The summed E-state index contributed by atoms with van der Waals surface area (Å²) in [5, 5.41) is 0.769. The number of aromatic nitrogens is 3. The van der Waals surface area contributed by atoms with Crippen molar-refractivity contribution in [2.75, 3.05) is 0 Å². The molecule has 26 heavy (non-hydrogen) atoms. The maximum absolute atomic E-state index is 6.43. The molecule has 0 fully saturated rings. The van der Waals surface area contributed by atoms with Gasteiger partial charge in [0.15, 0.2) is 0 Å². The van der Waals surface area contributed by atoms with Gasteiger partial charge in [-0.25, -0.2) is 4.98 Å². The van der Waals surface area contributed by atoms with Crippen LogP contribution < -0.4 is 0 Å². The second-order valence-electron chi connectivity index (χ2n) is 7.30. The van der Waals surface area contributed by atoms with Gasteiger partial charge in [-0.05, 0) is 49.1 Å². The van der Waals surface area contributed by atoms with Crippen molar-refractivity contribution in [1.82, 2.24) is 19.4 Å². The number of hydrogen-bond donors (Lipinski definition) is 0. The Morgan fingerprint density at radius 1 is 1.12 bits per heavy atom. The van der Waals surface area contributed by atoms with Crippen LogP contribution in [0.2, 0.25) is 5.02 Å². The summed E-state index contributed by atoms with van der Waals surface area (Å²) in [6.45, 7) is 4.15. The van der Waals surface area contributed by atoms with E-state index in [4.69, 9.17) is 11.6 Å². The minimum atomic E-state index is 0.534. The number of para-hydroxylation sites is 1. The van der Waals surface area contributed by atoms with Crippen molar-refractivity contribution in [2.45, 2.75) is 45.3 Å². The first-order chi connectivity index (χ1) is 12.7. The van der Waals surface area contributed by atoms with Gasteiger partial charge in [0.1, 0.15) is 0 Å². The molecule has 5 heteroatoms. The first kappa shape index (κ1) is 16.0. The quantitative estimate of drug-likeness (QED) is 0.686. The molecule has 0 amide bonds. The average molecular weight is 365 g/mol. The standard InChI is InChI=1S/C21H21ClN4/c1-14-17-12-25(11-15(17)8-9-23-14)16-6-7-19-21(10-16)26(13-24-19)20-5-3-2-4-18(20)22/h2-5,8-9,13,16H,6-7,10-12H2,1H3. The molecule has 1 aliphatic heterocycles. The Kier molecular flexibility index (Phi) is 3.84. The molecule has 4 nitrogen and oxygen atoms in total. The van der Waals surface area contributed by atoms with Crippen LogP contribution in [0.3, 0.4) is 0 Å². The molecule has 0 N–H and O–H groups in total. The van der Waals surface area contributed by atoms with E-state index in [0.29, 0.717) is 6.04 Å². The van der Waals surface area contributed by atoms with Gasteiger partial charge < -0.3 is 4.57 Å². The molecule has 5 rings (SSSR count). The predicted octanol–water partition coefficient (Wildman–Crippen LogP) is 4.10. The van der Waals surface area contributed by atoms with Crippen LogP contribution in [0.15, 0.2) is 42.9 Å². The summed E-state index contributed by atoms with van der Waals surface area (Å²) in [5.74, 6) is 0. The molecular formula is C21H21ClN4. The number of pyridine rings is 1. The number of rotatable bonds is 2. The minimum absolute atomic E-state index is 0.534. The maximum Gasteiger partial charge on any atom is 0.0998 e. The Morgan fingerprint density at radius 3 is 2.85 bits per heavy atom. The molecule has 2 aliphatic rings. The van der Waals surface area contributed by atoms with Gasteiger partial charge in [0.2, 0.25) is 0 Å². The summed E-state index contributed by atoms with van der Waals surface area (Å²) >= 11 is 6.43. The number of aryl methyl sites for hydroxylation is 2. The first-order valence-corrected chi connectivity index (χ1v) is 9.56. The third-order valence-electron chi connectivity index (χ3n) is 5.83. The van der Waals surface area contributed by atoms with Gasteiger partial charge in [-0.2, -0.15) is 0 Å². The highest BCUT2D eigenvalue weighted by Crippen LogP contribution is 2.33. The molecule has 1 aromatic carbocycles. The molecule has 1 aliphatic carbocycles. The number of imidazole rings is 1. The second kappa shape index (κ2) is 6.22. The Balaban J connectivity index is 1.44. The van der Waals surface area contributed by atoms with Crippen molar-refractivity contribution in [1.29, 1.82) is 0 Å². The van der Waals surface area contributed by atoms with Crippen molar-refractivity contribution in [3.63, 3.8) is 0 Å². The molecule has 1 unspecified atom stereocenters. The zero-order valence-electron chi connectivity index (χ0n) is 14.8. The lowest BCUT2D eigenvalue weighted by molar-refractivity contribution is 0.179. The molecule has 0 saturated heterocycles. The van der Waals surface area contributed by atoms with E-state index >= 15 is 0 Å². The number of fused-ring (bicyclic) bond motifs is 2. The van der Waals surface area contributed by atoms with Crippen LogP contribution in [0, 0.1) is 6.92 Å². The molecule has 0 spiro atoms. The largest absolute Gasteiger partial charge is 0.301 e. The van der Waals surface area contributed by atoms with Gasteiger partial charge in [-0.1, -0.05) is 23.7 Å². The smallest absolute Gasteiger partial charge is 0.0998 e. The fourth-order valence-electron chi connectivity index (χ4n) is 4.38. The van der Waals surface area contributed by atoms with Gasteiger partial charge >= 0.3 is 0 Å². The zero-order chi connectivity index (χ0) is 17.7. The molecule has 3 aromatic rings. The summed E-state index contributed by atoms with van der Waals surface area (Å²) in [7, 11) is 0. The van der Waals surface area contributed by atoms with E-state index in [2.05, 4.69) is 38.5 Å². The molecule has 2 aromatic heterocycles. The van der Waals surface area contributed by atoms with E-state index in [1.165, 1.54) is 28.2 Å². The molecule has 0 saturated carbocycles. The summed E-state index contributed by atoms with van der Waals surface area (Å²) in [6, 6.07) is 10.7. The van der Waals surface area contributed by atoms with E-state index in [1.807, 2.05) is 30.7 Å². The lowest BCUT2D eigenvalue weighted by Crippen LogP contribution is -2.36. The zero-order valence-corrected chi connectivity index (χ0v) is 15.6. The first-order valence-electron chi connectivity index (χ1n) is 9.18. The third kappa shape index (κ3) is 2.56. The SMILES string of the molecule is Cc1nccc2c1CN(C1CCc3ncn(-c4ccccc4Cl)c3C1)C2. The monoisotopic (exact) mass is 364 g/mol. The van der Waals surface area contributed by atoms with Crippen molar-refractivity contribution < 1.29 is 0 Å². The number of hydrogen-bond acceptors (Lipinski definition) is 3. The number of benzene rings is 1. The van der Waals surface area contributed by atoms with Gasteiger partial charge in [0, 0.05) is 43.1 Å². The van der Waals surface area contributed by atoms with Crippen molar-refractivity contribution in [3.05, 3.63) is 76.1 Å². The molecular weight excluding hydrogens is 344 g/mol. The van der Waals surface area contributed by atoms with Crippen LogP contribution in [0.25, 0.3) is 5.69 Å². The van der Waals surface area contributed by atoms with Crippen LogP contribution in [0.5, 0.6) is 0 Å². The topological polar surface area (TPSA) is 34.0 Å². The highest BCUT2D eigenvalue weighted by molar-refractivity contribution is 6.32. The summed E-state index contributed by atoms with van der Waals surface area (Å²) < 4.78 is 2.18. The van der Waals surface area contributed by atoms with Gasteiger partial charge in [-0.3, -0.25) is 9.88 Å². The van der Waals surface area contributed by atoms with Gasteiger partial charge in [0.05, 0.1) is 22.7 Å². The Bertz CT molecular complexity index is 978. The van der Waals surface area contributed by atoms with E-state index < -0.39 is 0 Å².